The molecule has 0 heterocycles. The van der Waals surface area contributed by atoms with Crippen LogP contribution in [0.15, 0.2) is 17.0 Å². The summed E-state index contributed by atoms with van der Waals surface area (Å²) in [5.74, 6) is 1.50. The Balaban J connectivity index is 1.85. The van der Waals surface area contributed by atoms with Crippen molar-refractivity contribution in [1.82, 2.24) is 4.31 Å². The second-order valence-corrected chi connectivity index (χ2v) is 10.0. The van der Waals surface area contributed by atoms with Crippen molar-refractivity contribution >= 4 is 10.0 Å². The van der Waals surface area contributed by atoms with Crippen molar-refractivity contribution in [3.63, 3.8) is 0 Å². The Morgan fingerprint density at radius 1 is 1.08 bits per heavy atom. The first kappa shape index (κ1) is 19.7. The molecule has 2 aliphatic rings. The van der Waals surface area contributed by atoms with Crippen LogP contribution in [0.5, 0.6) is 5.75 Å². The number of nitrogens with zero attached hydrogens (tertiary/aromatic N) is 1. The fourth-order valence-electron chi connectivity index (χ4n) is 4.68. The predicted molar refractivity (Wildman–Crippen MR) is 105 cm³/mol. The molecule has 1 fully saturated rings. The van der Waals surface area contributed by atoms with E-state index < -0.39 is 10.0 Å². The molecule has 0 spiro atoms. The lowest BCUT2D eigenvalue weighted by Crippen LogP contribution is -2.37. The SMILES string of the molecule is COc1ccc(S(=O)(=O)N(C)[C@H](C)CC2CCCCC2)c2c1CCCC2. The molecule has 3 rings (SSSR count). The maximum Gasteiger partial charge on any atom is 0.243 e. The summed E-state index contributed by atoms with van der Waals surface area (Å²) in [5.41, 5.74) is 2.07. The highest BCUT2D eigenvalue weighted by molar-refractivity contribution is 7.89. The zero-order chi connectivity index (χ0) is 18.7. The number of ether oxygens (including phenoxy) is 1. The van der Waals surface area contributed by atoms with Gasteiger partial charge in [-0.05, 0) is 68.2 Å². The van der Waals surface area contributed by atoms with Gasteiger partial charge in [-0.1, -0.05) is 32.1 Å². The van der Waals surface area contributed by atoms with Gasteiger partial charge in [-0.3, -0.25) is 0 Å². The molecule has 1 saturated carbocycles. The molecule has 1 aromatic carbocycles. The molecule has 5 heteroatoms. The monoisotopic (exact) mass is 379 g/mol. The van der Waals surface area contributed by atoms with Crippen LogP contribution in [0.3, 0.4) is 0 Å². The Labute approximate surface area is 159 Å². The molecule has 0 unspecified atom stereocenters. The summed E-state index contributed by atoms with van der Waals surface area (Å²) in [7, 11) is -0.0619. The fourth-order valence-corrected chi connectivity index (χ4v) is 6.33. The average Bonchev–Trinajstić information content (AvgIpc) is 2.67. The first-order valence-corrected chi connectivity index (χ1v) is 11.6. The van der Waals surface area contributed by atoms with Gasteiger partial charge in [0.05, 0.1) is 12.0 Å². The minimum absolute atomic E-state index is 0.0319. The van der Waals surface area contributed by atoms with E-state index in [0.29, 0.717) is 10.8 Å². The van der Waals surface area contributed by atoms with Crippen molar-refractivity contribution in [2.75, 3.05) is 14.2 Å². The summed E-state index contributed by atoms with van der Waals surface area (Å²) in [6.07, 6.45) is 11.2. The van der Waals surface area contributed by atoms with Crippen molar-refractivity contribution < 1.29 is 13.2 Å². The van der Waals surface area contributed by atoms with Crippen molar-refractivity contribution in [3.8, 4) is 5.75 Å². The van der Waals surface area contributed by atoms with Crippen LogP contribution in [0.4, 0.5) is 0 Å². The minimum atomic E-state index is -3.48. The molecule has 0 amide bonds. The standard InChI is InChI=1S/C21H33NO3S/c1-16(15-17-9-5-4-6-10-17)22(2)26(23,24)21-14-13-20(25-3)18-11-7-8-12-19(18)21/h13-14,16-17H,4-12,15H2,1-3H3/t16-/m1/s1. The highest BCUT2D eigenvalue weighted by atomic mass is 32.2. The number of rotatable bonds is 6. The smallest absolute Gasteiger partial charge is 0.243 e. The molecule has 1 aromatic rings. The second-order valence-electron chi connectivity index (χ2n) is 8.04. The lowest BCUT2D eigenvalue weighted by molar-refractivity contribution is 0.267. The highest BCUT2D eigenvalue weighted by Gasteiger charge is 2.31. The number of fused-ring (bicyclic) bond motifs is 1. The summed E-state index contributed by atoms with van der Waals surface area (Å²) < 4.78 is 33.8. The van der Waals surface area contributed by atoms with Crippen molar-refractivity contribution in [3.05, 3.63) is 23.3 Å². The molecule has 0 radical (unpaired) electrons. The van der Waals surface area contributed by atoms with E-state index in [0.717, 1.165) is 49.0 Å². The van der Waals surface area contributed by atoms with Crippen LogP contribution < -0.4 is 4.74 Å². The molecule has 0 bridgehead atoms. The Bertz CT molecular complexity index is 723. The van der Waals surface area contributed by atoms with Gasteiger partial charge in [-0.25, -0.2) is 8.42 Å². The van der Waals surface area contributed by atoms with E-state index in [1.807, 2.05) is 6.07 Å². The van der Waals surface area contributed by atoms with E-state index in [-0.39, 0.29) is 6.04 Å². The van der Waals surface area contributed by atoms with Crippen LogP contribution in [0, 0.1) is 5.92 Å². The van der Waals surface area contributed by atoms with Crippen LogP contribution in [0.1, 0.15) is 69.4 Å². The van der Waals surface area contributed by atoms with E-state index in [4.69, 9.17) is 4.74 Å². The van der Waals surface area contributed by atoms with E-state index in [1.165, 1.54) is 32.1 Å². The maximum absolute atomic E-state index is 13.4. The second kappa shape index (κ2) is 8.30. The third kappa shape index (κ3) is 3.94. The molecule has 2 aliphatic carbocycles. The third-order valence-electron chi connectivity index (χ3n) is 6.35. The number of sulfonamides is 1. The first-order chi connectivity index (χ1) is 12.4. The number of benzene rings is 1. The van der Waals surface area contributed by atoms with Gasteiger partial charge in [0.25, 0.3) is 0 Å². The van der Waals surface area contributed by atoms with Crippen LogP contribution >= 0.6 is 0 Å². The quantitative estimate of drug-likeness (QED) is 0.728. The summed E-state index contributed by atoms with van der Waals surface area (Å²) in [5, 5.41) is 0. The average molecular weight is 380 g/mol. The fraction of sp³-hybridized carbons (Fsp3) is 0.714. The van der Waals surface area contributed by atoms with Gasteiger partial charge in [0.2, 0.25) is 10.0 Å². The summed E-state index contributed by atoms with van der Waals surface area (Å²) in [4.78, 5) is 0.492. The van der Waals surface area contributed by atoms with Crippen LogP contribution in [0.2, 0.25) is 0 Å². The van der Waals surface area contributed by atoms with Crippen molar-refractivity contribution in [2.24, 2.45) is 5.92 Å². The molecule has 1 atom stereocenters. The van der Waals surface area contributed by atoms with Gasteiger partial charge in [0.1, 0.15) is 5.75 Å². The molecule has 26 heavy (non-hydrogen) atoms. The molecule has 0 saturated heterocycles. The number of hydrogen-bond donors (Lipinski definition) is 0. The molecular weight excluding hydrogens is 346 g/mol. The number of hydrogen-bond acceptors (Lipinski definition) is 3. The van der Waals surface area contributed by atoms with E-state index in [2.05, 4.69) is 6.92 Å². The summed E-state index contributed by atoms with van der Waals surface area (Å²) >= 11 is 0. The van der Waals surface area contributed by atoms with Gasteiger partial charge >= 0.3 is 0 Å². The Kier molecular flexibility index (Phi) is 6.29. The molecule has 0 N–H and O–H groups in total. The predicted octanol–water partition coefficient (Wildman–Crippen LogP) is 4.55. The van der Waals surface area contributed by atoms with Gasteiger partial charge in [-0.15, -0.1) is 0 Å². The largest absolute Gasteiger partial charge is 0.496 e. The first-order valence-electron chi connectivity index (χ1n) is 10.1. The van der Waals surface area contributed by atoms with Crippen LogP contribution in [-0.2, 0) is 22.9 Å². The zero-order valence-corrected chi connectivity index (χ0v) is 17.3. The van der Waals surface area contributed by atoms with E-state index in [9.17, 15) is 8.42 Å². The zero-order valence-electron chi connectivity index (χ0n) is 16.5. The Morgan fingerprint density at radius 2 is 1.73 bits per heavy atom. The van der Waals surface area contributed by atoms with Crippen molar-refractivity contribution in [1.29, 1.82) is 0 Å². The van der Waals surface area contributed by atoms with Crippen LogP contribution in [0.25, 0.3) is 0 Å². The summed E-state index contributed by atoms with van der Waals surface area (Å²) in [6, 6.07) is 3.61. The number of methoxy groups -OCH3 is 1. The van der Waals surface area contributed by atoms with Gasteiger partial charge in [0, 0.05) is 13.1 Å². The van der Waals surface area contributed by atoms with E-state index >= 15 is 0 Å². The van der Waals surface area contributed by atoms with Gasteiger partial charge in [0.15, 0.2) is 0 Å². The molecule has 0 aromatic heterocycles. The summed E-state index contributed by atoms with van der Waals surface area (Å²) in [6.45, 7) is 2.06. The topological polar surface area (TPSA) is 46.6 Å². The molecule has 146 valence electrons. The normalized spacial score (nSPS) is 20.0. The van der Waals surface area contributed by atoms with Gasteiger partial charge < -0.3 is 4.74 Å². The molecule has 0 aliphatic heterocycles. The van der Waals surface area contributed by atoms with Crippen LogP contribution in [-0.4, -0.2) is 32.9 Å². The van der Waals surface area contributed by atoms with Crippen molar-refractivity contribution in [2.45, 2.75) is 82.1 Å². The Hall–Kier alpha value is -1.07. The maximum atomic E-state index is 13.4. The third-order valence-corrected chi connectivity index (χ3v) is 8.40. The van der Waals surface area contributed by atoms with Gasteiger partial charge in [-0.2, -0.15) is 4.31 Å². The lowest BCUT2D eigenvalue weighted by atomic mass is 9.85. The lowest BCUT2D eigenvalue weighted by Gasteiger charge is -2.31. The highest BCUT2D eigenvalue weighted by Crippen LogP contribution is 2.36. The van der Waals surface area contributed by atoms with E-state index in [1.54, 1.807) is 24.5 Å². The minimum Gasteiger partial charge on any atom is -0.496 e. The molecular formula is C21H33NO3S. The Morgan fingerprint density at radius 3 is 2.38 bits per heavy atom. The molecule has 4 nitrogen and oxygen atoms in total.